The van der Waals surface area contributed by atoms with Gasteiger partial charge in [-0.1, -0.05) is 41.4 Å². The average Bonchev–Trinajstić information content (AvgIpc) is 2.45. The number of hydrogen-bond donors (Lipinski definition) is 2. The molecule has 0 aliphatic carbocycles. The first-order valence-corrected chi connectivity index (χ1v) is 7.02. The molecule has 0 saturated heterocycles. The van der Waals surface area contributed by atoms with Gasteiger partial charge in [-0.05, 0) is 36.7 Å². The maximum absolute atomic E-state index is 13.3. The number of benzene rings is 2. The maximum atomic E-state index is 13.3. The number of carbonyl (C=O) groups excluding carboxylic acids is 1. The van der Waals surface area contributed by atoms with Crippen LogP contribution in [0.4, 0.5) is 10.1 Å². The smallest absolute Gasteiger partial charge is 0.255 e. The summed E-state index contributed by atoms with van der Waals surface area (Å²) in [6.45, 7) is 0.443. The lowest BCUT2D eigenvalue weighted by molar-refractivity contribution is 0.102. The van der Waals surface area contributed by atoms with Crippen molar-refractivity contribution in [2.75, 3.05) is 11.9 Å². The molecule has 6 heteroatoms. The Labute approximate surface area is 131 Å². The van der Waals surface area contributed by atoms with Gasteiger partial charge in [-0.3, -0.25) is 4.79 Å². The molecule has 3 N–H and O–H groups in total. The molecular weight excluding hydrogens is 314 g/mol. The van der Waals surface area contributed by atoms with E-state index in [1.165, 1.54) is 12.1 Å². The Morgan fingerprint density at radius 2 is 1.81 bits per heavy atom. The van der Waals surface area contributed by atoms with Crippen molar-refractivity contribution in [3.8, 4) is 0 Å². The van der Waals surface area contributed by atoms with E-state index in [9.17, 15) is 9.18 Å². The molecule has 0 fully saturated rings. The topological polar surface area (TPSA) is 55.1 Å². The number of nitrogens with one attached hydrogen (secondary N) is 1. The van der Waals surface area contributed by atoms with Crippen LogP contribution in [-0.2, 0) is 6.42 Å². The summed E-state index contributed by atoms with van der Waals surface area (Å²) in [5, 5.41) is 2.36. The van der Waals surface area contributed by atoms with Crippen molar-refractivity contribution in [1.29, 1.82) is 0 Å². The molecule has 0 spiro atoms. The molecule has 0 bridgehead atoms. The van der Waals surface area contributed by atoms with Crippen molar-refractivity contribution in [1.82, 2.24) is 0 Å². The normalized spacial score (nSPS) is 10.5. The predicted molar refractivity (Wildman–Crippen MR) is 83.6 cm³/mol. The van der Waals surface area contributed by atoms with Gasteiger partial charge in [0.25, 0.3) is 5.91 Å². The number of amides is 1. The van der Waals surface area contributed by atoms with Crippen LogP contribution in [-0.4, -0.2) is 12.5 Å². The monoisotopic (exact) mass is 326 g/mol. The largest absolute Gasteiger partial charge is 0.330 e. The van der Waals surface area contributed by atoms with Gasteiger partial charge in [0.2, 0.25) is 0 Å². The van der Waals surface area contributed by atoms with E-state index in [1.54, 1.807) is 12.1 Å². The maximum Gasteiger partial charge on any atom is 0.255 e. The van der Waals surface area contributed by atoms with E-state index < -0.39 is 5.82 Å². The predicted octanol–water partition coefficient (Wildman–Crippen LogP) is 3.89. The Morgan fingerprint density at radius 3 is 2.43 bits per heavy atom. The third-order valence-electron chi connectivity index (χ3n) is 2.92. The summed E-state index contributed by atoms with van der Waals surface area (Å²) < 4.78 is 13.3. The minimum absolute atomic E-state index is 0.145. The van der Waals surface area contributed by atoms with Crippen LogP contribution in [0, 0.1) is 5.82 Å². The summed E-state index contributed by atoms with van der Waals surface area (Å²) in [6, 6.07) is 9.77. The fourth-order valence-electron chi connectivity index (χ4n) is 1.94. The highest BCUT2D eigenvalue weighted by Gasteiger charge is 2.13. The molecule has 0 heterocycles. The molecule has 2 aromatic rings. The molecule has 0 aliphatic rings. The molecule has 0 unspecified atom stereocenters. The van der Waals surface area contributed by atoms with Crippen LogP contribution in [0.3, 0.4) is 0 Å². The number of carbonyl (C=O) groups is 1. The summed E-state index contributed by atoms with van der Waals surface area (Å²) in [5.41, 5.74) is 7.22. The summed E-state index contributed by atoms with van der Waals surface area (Å²) in [6.07, 6.45) is 0.592. The van der Waals surface area contributed by atoms with Crippen molar-refractivity contribution in [2.45, 2.75) is 6.42 Å². The third kappa shape index (κ3) is 3.73. The lowest BCUT2D eigenvalue weighted by atomic mass is 10.0. The van der Waals surface area contributed by atoms with Crippen molar-refractivity contribution < 1.29 is 9.18 Å². The van der Waals surface area contributed by atoms with E-state index in [-0.39, 0.29) is 16.0 Å². The van der Waals surface area contributed by atoms with Gasteiger partial charge in [0.05, 0.1) is 10.0 Å². The minimum atomic E-state index is -0.708. The molecule has 21 heavy (non-hydrogen) atoms. The Morgan fingerprint density at radius 1 is 1.19 bits per heavy atom. The Hall–Kier alpha value is -1.62. The first kappa shape index (κ1) is 15.8. The first-order chi connectivity index (χ1) is 10.0. The molecule has 0 aliphatic heterocycles. The molecule has 0 saturated carbocycles. The van der Waals surface area contributed by atoms with Crippen molar-refractivity contribution in [3.63, 3.8) is 0 Å². The molecule has 3 nitrogen and oxygen atoms in total. The van der Waals surface area contributed by atoms with Gasteiger partial charge >= 0.3 is 0 Å². The molecule has 1 amide bonds. The number of anilines is 1. The van der Waals surface area contributed by atoms with Crippen LogP contribution in [0.2, 0.25) is 10.0 Å². The lowest BCUT2D eigenvalue weighted by Gasteiger charge is -2.10. The highest BCUT2D eigenvalue weighted by Crippen LogP contribution is 2.27. The highest BCUT2D eigenvalue weighted by molar-refractivity contribution is 6.35. The van der Waals surface area contributed by atoms with E-state index in [2.05, 4.69) is 5.32 Å². The number of nitrogens with two attached hydrogens (primary N) is 1. The van der Waals surface area contributed by atoms with Gasteiger partial charge < -0.3 is 11.1 Å². The quantitative estimate of drug-likeness (QED) is 0.837. The zero-order valence-electron chi connectivity index (χ0n) is 11.0. The van der Waals surface area contributed by atoms with Crippen LogP contribution < -0.4 is 11.1 Å². The van der Waals surface area contributed by atoms with E-state index in [1.807, 2.05) is 12.1 Å². The molecule has 2 aromatic carbocycles. The van der Waals surface area contributed by atoms with Crippen LogP contribution in [0.25, 0.3) is 0 Å². The number of halogens is 3. The summed E-state index contributed by atoms with van der Waals surface area (Å²) in [4.78, 5) is 12.3. The molecular formula is C15H13Cl2FN2O. The van der Waals surface area contributed by atoms with Crippen LogP contribution in [0.15, 0.2) is 36.4 Å². The number of hydrogen-bond acceptors (Lipinski definition) is 2. The highest BCUT2D eigenvalue weighted by atomic mass is 35.5. The van der Waals surface area contributed by atoms with Crippen LogP contribution >= 0.6 is 23.2 Å². The van der Waals surface area contributed by atoms with E-state index in [4.69, 9.17) is 28.9 Å². The van der Waals surface area contributed by atoms with E-state index in [0.29, 0.717) is 24.2 Å². The Bertz CT molecular complexity index is 653. The third-order valence-corrected chi connectivity index (χ3v) is 3.47. The van der Waals surface area contributed by atoms with Gasteiger partial charge in [-0.25, -0.2) is 4.39 Å². The number of rotatable bonds is 4. The SMILES string of the molecule is NCCc1ccccc1C(=O)Nc1cc(Cl)c(F)c(Cl)c1. The Balaban J connectivity index is 2.26. The molecule has 0 radical (unpaired) electrons. The van der Waals surface area contributed by atoms with Gasteiger partial charge in [0.1, 0.15) is 0 Å². The lowest BCUT2D eigenvalue weighted by Crippen LogP contribution is -2.16. The van der Waals surface area contributed by atoms with Gasteiger partial charge in [-0.2, -0.15) is 0 Å². The second-order valence-corrected chi connectivity index (χ2v) is 5.22. The van der Waals surface area contributed by atoms with Gasteiger partial charge in [0.15, 0.2) is 5.82 Å². The van der Waals surface area contributed by atoms with E-state index in [0.717, 1.165) is 5.56 Å². The summed E-state index contributed by atoms with van der Waals surface area (Å²) >= 11 is 11.4. The summed E-state index contributed by atoms with van der Waals surface area (Å²) in [5.74, 6) is -1.03. The average molecular weight is 327 g/mol. The first-order valence-electron chi connectivity index (χ1n) is 6.26. The van der Waals surface area contributed by atoms with Crippen LogP contribution in [0.1, 0.15) is 15.9 Å². The van der Waals surface area contributed by atoms with Crippen molar-refractivity contribution >= 4 is 34.8 Å². The zero-order chi connectivity index (χ0) is 15.4. The molecule has 110 valence electrons. The molecule has 0 aromatic heterocycles. The zero-order valence-corrected chi connectivity index (χ0v) is 12.5. The van der Waals surface area contributed by atoms with Crippen LogP contribution in [0.5, 0.6) is 0 Å². The fraction of sp³-hybridized carbons (Fsp3) is 0.133. The van der Waals surface area contributed by atoms with E-state index >= 15 is 0 Å². The fourth-order valence-corrected chi connectivity index (χ4v) is 2.43. The minimum Gasteiger partial charge on any atom is -0.330 e. The van der Waals surface area contributed by atoms with Crippen molar-refractivity contribution in [2.24, 2.45) is 5.73 Å². The second kappa shape index (κ2) is 6.89. The Kier molecular flexibility index (Phi) is 5.17. The molecule has 0 atom stereocenters. The summed E-state index contributed by atoms with van der Waals surface area (Å²) in [7, 11) is 0. The molecule has 2 rings (SSSR count). The second-order valence-electron chi connectivity index (χ2n) is 4.40. The van der Waals surface area contributed by atoms with Crippen molar-refractivity contribution in [3.05, 3.63) is 63.4 Å². The van der Waals surface area contributed by atoms with Gasteiger partial charge in [-0.15, -0.1) is 0 Å². The standard InChI is InChI=1S/C15H13Cl2FN2O/c16-12-7-10(8-13(17)14(12)18)20-15(21)11-4-2-1-3-9(11)5-6-19/h1-4,7-8H,5-6,19H2,(H,20,21). The van der Waals surface area contributed by atoms with Gasteiger partial charge in [0, 0.05) is 11.3 Å².